The minimum Gasteiger partial charge on any atom is -0.376 e. The van der Waals surface area contributed by atoms with Crippen molar-refractivity contribution in [2.24, 2.45) is 0 Å². The van der Waals surface area contributed by atoms with Gasteiger partial charge in [0.1, 0.15) is 0 Å². The number of hydrogen-bond acceptors (Lipinski definition) is 5. The van der Waals surface area contributed by atoms with Crippen molar-refractivity contribution >= 4 is 23.1 Å². The van der Waals surface area contributed by atoms with Gasteiger partial charge in [-0.3, -0.25) is 4.57 Å². The summed E-state index contributed by atoms with van der Waals surface area (Å²) < 4.78 is 75.7. The van der Waals surface area contributed by atoms with E-state index < -0.39 is 34.0 Å². The maximum atomic E-state index is 14.1. The Morgan fingerprint density at radius 2 is 1.79 bits per heavy atom. The Hall–Kier alpha value is -1.98. The number of halogens is 5. The second kappa shape index (κ2) is 7.80. The van der Waals surface area contributed by atoms with Crippen LogP contribution in [-0.4, -0.2) is 27.5 Å². The van der Waals surface area contributed by atoms with Crippen molar-refractivity contribution in [2.45, 2.75) is 35.5 Å². The lowest BCUT2D eigenvalue weighted by Crippen LogP contribution is -2.16. The van der Waals surface area contributed by atoms with Crippen LogP contribution < -0.4 is 0 Å². The summed E-state index contributed by atoms with van der Waals surface area (Å²) in [7, 11) is 0. The van der Waals surface area contributed by atoms with Crippen LogP contribution in [0.3, 0.4) is 0 Å². The summed E-state index contributed by atoms with van der Waals surface area (Å²) in [4.78, 5) is -0.259. The van der Waals surface area contributed by atoms with Crippen LogP contribution in [0.4, 0.5) is 22.0 Å². The highest BCUT2D eigenvalue weighted by molar-refractivity contribution is 7.99. The molecule has 3 aromatic rings. The first-order valence-corrected chi connectivity index (χ1v) is 9.95. The molecule has 2 aromatic heterocycles. The smallest absolute Gasteiger partial charge is 0.200 e. The van der Waals surface area contributed by atoms with Crippen molar-refractivity contribution in [3.63, 3.8) is 0 Å². The van der Waals surface area contributed by atoms with Crippen LogP contribution in [0.15, 0.2) is 27.6 Å². The highest BCUT2D eigenvalue weighted by atomic mass is 32.2. The summed E-state index contributed by atoms with van der Waals surface area (Å²) in [5.74, 6) is -9.54. The number of aromatic nitrogens is 3. The molecule has 1 saturated heterocycles. The Morgan fingerprint density at radius 3 is 2.39 bits per heavy atom. The van der Waals surface area contributed by atoms with Crippen LogP contribution >= 0.6 is 23.1 Å². The molecule has 3 heterocycles. The minimum atomic E-state index is -2.19. The highest BCUT2D eigenvalue weighted by Crippen LogP contribution is 2.37. The lowest BCUT2D eigenvalue weighted by Gasteiger charge is -2.14. The van der Waals surface area contributed by atoms with Gasteiger partial charge in [-0.1, -0.05) is 6.07 Å². The lowest BCUT2D eigenvalue weighted by molar-refractivity contribution is 0.0953. The molecule has 0 amide bonds. The van der Waals surface area contributed by atoms with Crippen molar-refractivity contribution < 1.29 is 26.7 Å². The van der Waals surface area contributed by atoms with Crippen LogP contribution in [-0.2, 0) is 11.3 Å². The normalized spacial score (nSPS) is 16.8. The fourth-order valence-corrected chi connectivity index (χ4v) is 4.49. The van der Waals surface area contributed by atoms with E-state index in [9.17, 15) is 22.0 Å². The lowest BCUT2D eigenvalue weighted by atomic mass is 10.2. The van der Waals surface area contributed by atoms with E-state index in [0.717, 1.165) is 17.7 Å². The molecule has 1 aliphatic rings. The van der Waals surface area contributed by atoms with Gasteiger partial charge in [0, 0.05) is 6.61 Å². The van der Waals surface area contributed by atoms with Gasteiger partial charge >= 0.3 is 0 Å². The molecule has 0 saturated carbocycles. The van der Waals surface area contributed by atoms with Gasteiger partial charge < -0.3 is 4.74 Å². The summed E-state index contributed by atoms with van der Waals surface area (Å²) in [5, 5.41) is 9.83. The fraction of sp³-hybridized carbons (Fsp3) is 0.294. The number of ether oxygens (including phenoxy) is 1. The van der Waals surface area contributed by atoms with Gasteiger partial charge in [0.15, 0.2) is 34.2 Å². The minimum absolute atomic E-state index is 0.0158. The summed E-state index contributed by atoms with van der Waals surface area (Å²) in [6.07, 6.45) is 1.51. The third kappa shape index (κ3) is 3.42. The van der Waals surface area contributed by atoms with Crippen LogP contribution in [0, 0.1) is 29.1 Å². The highest BCUT2D eigenvalue weighted by Gasteiger charge is 2.29. The molecule has 0 spiro atoms. The molecule has 1 aromatic carbocycles. The zero-order chi connectivity index (χ0) is 19.8. The van der Waals surface area contributed by atoms with E-state index in [2.05, 4.69) is 10.2 Å². The molecule has 0 unspecified atom stereocenters. The van der Waals surface area contributed by atoms with Gasteiger partial charge in [-0.15, -0.1) is 21.5 Å². The topological polar surface area (TPSA) is 39.9 Å². The number of rotatable bonds is 5. The molecule has 11 heteroatoms. The van der Waals surface area contributed by atoms with Crippen LogP contribution in [0.1, 0.15) is 12.8 Å². The van der Waals surface area contributed by atoms with Crippen LogP contribution in [0.5, 0.6) is 0 Å². The molecule has 0 radical (unpaired) electrons. The van der Waals surface area contributed by atoms with E-state index in [0.29, 0.717) is 30.7 Å². The van der Waals surface area contributed by atoms with E-state index >= 15 is 0 Å². The Balaban J connectivity index is 1.76. The number of benzene rings is 1. The van der Waals surface area contributed by atoms with Crippen molar-refractivity contribution in [3.05, 3.63) is 46.6 Å². The van der Waals surface area contributed by atoms with E-state index in [4.69, 9.17) is 4.74 Å². The van der Waals surface area contributed by atoms with Gasteiger partial charge in [0.05, 0.1) is 22.4 Å². The number of thiophene rings is 1. The molecule has 148 valence electrons. The average molecular weight is 433 g/mol. The van der Waals surface area contributed by atoms with E-state index in [1.165, 1.54) is 11.3 Å². The van der Waals surface area contributed by atoms with Gasteiger partial charge in [-0.2, -0.15) is 0 Å². The summed E-state index contributed by atoms with van der Waals surface area (Å²) >= 11 is 1.74. The summed E-state index contributed by atoms with van der Waals surface area (Å²) in [5.41, 5.74) is 0. The molecule has 0 N–H and O–H groups in total. The standard InChI is InChI=1S/C17H12F5N3OS2/c18-10-11(19)13(21)15(14(22)12(10)20)28-17-24-23-16(9-4-2-6-27-9)25(17)7-8-3-1-5-26-8/h2,4,6,8H,1,3,5,7H2/t8-/m1/s1. The SMILES string of the molecule is Fc1c(F)c(F)c(Sc2nnc(-c3cccs3)n2C[C@H]2CCCO2)c(F)c1F. The average Bonchev–Trinajstić information content (AvgIpc) is 3.45. The van der Waals surface area contributed by atoms with Crippen molar-refractivity contribution in [1.82, 2.24) is 14.8 Å². The number of nitrogens with zero attached hydrogens (tertiary/aromatic N) is 3. The van der Waals surface area contributed by atoms with Crippen molar-refractivity contribution in [2.75, 3.05) is 6.61 Å². The molecule has 1 atom stereocenters. The van der Waals surface area contributed by atoms with Crippen LogP contribution in [0.2, 0.25) is 0 Å². The molecular weight excluding hydrogens is 421 g/mol. The maximum Gasteiger partial charge on any atom is 0.200 e. The van der Waals surface area contributed by atoms with Gasteiger partial charge in [-0.25, -0.2) is 22.0 Å². The number of hydrogen-bond donors (Lipinski definition) is 0. The predicted octanol–water partition coefficient (Wildman–Crippen LogP) is 5.03. The Kier molecular flexibility index (Phi) is 5.39. The predicted molar refractivity (Wildman–Crippen MR) is 92.7 cm³/mol. The Labute approximate surface area is 164 Å². The molecule has 1 fully saturated rings. The first-order valence-electron chi connectivity index (χ1n) is 8.25. The van der Waals surface area contributed by atoms with E-state index in [-0.39, 0.29) is 11.3 Å². The first-order chi connectivity index (χ1) is 13.5. The molecule has 4 nitrogen and oxygen atoms in total. The third-order valence-corrected chi connectivity index (χ3v) is 6.14. The zero-order valence-electron chi connectivity index (χ0n) is 14.1. The van der Waals surface area contributed by atoms with Gasteiger partial charge in [0.25, 0.3) is 0 Å². The second-order valence-electron chi connectivity index (χ2n) is 6.03. The van der Waals surface area contributed by atoms with Gasteiger partial charge in [-0.05, 0) is 36.0 Å². The second-order valence-corrected chi connectivity index (χ2v) is 7.96. The summed E-state index contributed by atoms with van der Waals surface area (Å²) in [6.45, 7) is 0.902. The molecular formula is C17H12F5N3OS2. The molecule has 0 bridgehead atoms. The third-order valence-electron chi connectivity index (χ3n) is 4.23. The fourth-order valence-electron chi connectivity index (χ4n) is 2.87. The van der Waals surface area contributed by atoms with Gasteiger partial charge in [0.2, 0.25) is 5.82 Å². The van der Waals surface area contributed by atoms with Crippen molar-refractivity contribution in [3.8, 4) is 10.7 Å². The maximum absolute atomic E-state index is 14.1. The quantitative estimate of drug-likeness (QED) is 0.321. The summed E-state index contributed by atoms with van der Waals surface area (Å²) in [6, 6.07) is 3.61. The first kappa shape index (κ1) is 19.3. The monoisotopic (exact) mass is 433 g/mol. The molecule has 4 rings (SSSR count). The van der Waals surface area contributed by atoms with Crippen molar-refractivity contribution in [1.29, 1.82) is 0 Å². The Morgan fingerprint density at radius 1 is 1.07 bits per heavy atom. The van der Waals surface area contributed by atoms with E-state index in [1.807, 2.05) is 11.4 Å². The van der Waals surface area contributed by atoms with Crippen LogP contribution in [0.25, 0.3) is 10.7 Å². The molecule has 1 aliphatic heterocycles. The van der Waals surface area contributed by atoms with E-state index in [1.54, 1.807) is 10.6 Å². The Bertz CT molecular complexity index is 974. The molecule has 0 aliphatic carbocycles. The largest absolute Gasteiger partial charge is 0.376 e. The zero-order valence-corrected chi connectivity index (χ0v) is 15.7. The molecule has 28 heavy (non-hydrogen) atoms.